The Kier molecular flexibility index (Phi) is 6.50. The Labute approximate surface area is 320 Å². The van der Waals surface area contributed by atoms with Gasteiger partial charge in [-0.25, -0.2) is 15.0 Å². The lowest BCUT2D eigenvalue weighted by atomic mass is 10.0. The fourth-order valence-corrected chi connectivity index (χ4v) is 9.57. The minimum atomic E-state index is 0.636. The van der Waals surface area contributed by atoms with Crippen LogP contribution < -0.4 is 0 Å². The van der Waals surface area contributed by atoms with Crippen LogP contribution in [-0.4, -0.2) is 24.1 Å². The molecule has 0 saturated heterocycles. The first-order chi connectivity index (χ1) is 27.3. The van der Waals surface area contributed by atoms with E-state index in [4.69, 9.17) is 15.0 Å². The molecule has 0 radical (unpaired) electrons. The summed E-state index contributed by atoms with van der Waals surface area (Å²) in [4.78, 5) is 17.8. The molecule has 5 nitrogen and oxygen atoms in total. The van der Waals surface area contributed by atoms with Crippen molar-refractivity contribution in [2.24, 2.45) is 0 Å². The summed E-state index contributed by atoms with van der Waals surface area (Å²) >= 11 is 1.87. The van der Waals surface area contributed by atoms with Gasteiger partial charge in [0.2, 0.25) is 0 Å². The average Bonchev–Trinajstić information content (AvgIpc) is 3.77. The van der Waals surface area contributed by atoms with Crippen LogP contribution in [0.5, 0.6) is 0 Å². The molecule has 0 fully saturated rings. The number of nitrogens with zero attached hydrogens (tertiary/aromatic N) is 5. The summed E-state index contributed by atoms with van der Waals surface area (Å²) in [5.74, 6) is 1.94. The van der Waals surface area contributed by atoms with Crippen LogP contribution in [0.2, 0.25) is 0 Å². The zero-order valence-corrected chi connectivity index (χ0v) is 30.2. The molecule has 256 valence electrons. The van der Waals surface area contributed by atoms with Gasteiger partial charge in [-0.1, -0.05) is 139 Å². The predicted molar refractivity (Wildman–Crippen MR) is 226 cm³/mol. The molecule has 4 heterocycles. The maximum Gasteiger partial charge on any atom is 0.164 e. The molecule has 0 amide bonds. The number of hydrogen-bond donors (Lipinski definition) is 0. The largest absolute Gasteiger partial charge is 0.295 e. The predicted octanol–water partition coefficient (Wildman–Crippen LogP) is 12.7. The summed E-state index contributed by atoms with van der Waals surface area (Å²) in [5.41, 5.74) is 8.73. The first-order valence-electron chi connectivity index (χ1n) is 18.4. The lowest BCUT2D eigenvalue weighted by Gasteiger charge is -2.22. The third kappa shape index (κ3) is 4.59. The molecule has 0 atom stereocenters. The van der Waals surface area contributed by atoms with Gasteiger partial charge in [-0.2, -0.15) is 0 Å². The highest BCUT2D eigenvalue weighted by Gasteiger charge is 2.28. The number of hydrogen-bond acceptors (Lipinski definition) is 4. The lowest BCUT2D eigenvalue weighted by Crippen LogP contribution is -2.06. The van der Waals surface area contributed by atoms with E-state index >= 15 is 0 Å². The topological polar surface area (TPSA) is 48.5 Å². The maximum atomic E-state index is 5.13. The van der Waals surface area contributed by atoms with Crippen molar-refractivity contribution in [3.05, 3.63) is 176 Å². The fraction of sp³-hybridized carbons (Fsp3) is 0. The van der Waals surface area contributed by atoms with Gasteiger partial charge in [0.15, 0.2) is 17.5 Å². The smallest absolute Gasteiger partial charge is 0.164 e. The molecule has 11 aromatic rings. The van der Waals surface area contributed by atoms with E-state index in [2.05, 4.69) is 167 Å². The van der Waals surface area contributed by atoms with Gasteiger partial charge in [0.05, 0.1) is 16.7 Å². The van der Waals surface area contributed by atoms with Crippen molar-refractivity contribution in [3.8, 4) is 45.5 Å². The maximum absolute atomic E-state index is 5.13. The van der Waals surface area contributed by atoms with Crippen LogP contribution in [0.3, 0.4) is 0 Å². The lowest BCUT2D eigenvalue weighted by molar-refractivity contribution is 1.03. The van der Waals surface area contributed by atoms with E-state index in [9.17, 15) is 0 Å². The second-order valence-electron chi connectivity index (χ2n) is 14.1. The second-order valence-corrected chi connectivity index (χ2v) is 15.1. The van der Waals surface area contributed by atoms with Gasteiger partial charge in [0, 0.05) is 48.3 Å². The Morgan fingerprint density at radius 3 is 1.85 bits per heavy atom. The van der Waals surface area contributed by atoms with Gasteiger partial charge < -0.3 is 0 Å². The van der Waals surface area contributed by atoms with Crippen LogP contribution in [0, 0.1) is 0 Å². The summed E-state index contributed by atoms with van der Waals surface area (Å²) in [7, 11) is 0. The SMILES string of the molecule is c1ccc(-c2nc(-c3ccc(-n4c5ccccc5c5c6cccc7c6n(c54)-c4cc5ccccc5cc4S7)cc3)nc(-c3cccc4ccccc34)n2)cc1. The van der Waals surface area contributed by atoms with Gasteiger partial charge >= 0.3 is 0 Å². The summed E-state index contributed by atoms with van der Waals surface area (Å²) in [6.45, 7) is 0. The highest BCUT2D eigenvalue weighted by Crippen LogP contribution is 2.50. The van der Waals surface area contributed by atoms with Gasteiger partial charge in [-0.15, -0.1) is 0 Å². The molecule has 0 N–H and O–H groups in total. The zero-order valence-electron chi connectivity index (χ0n) is 29.4. The minimum Gasteiger partial charge on any atom is -0.295 e. The first kappa shape index (κ1) is 30.4. The molecular formula is C49H29N5S. The molecule has 1 aliphatic rings. The van der Waals surface area contributed by atoms with E-state index in [1.54, 1.807) is 0 Å². The van der Waals surface area contributed by atoms with Crippen LogP contribution in [-0.2, 0) is 0 Å². The average molecular weight is 720 g/mol. The van der Waals surface area contributed by atoms with Crippen molar-refractivity contribution in [1.82, 2.24) is 24.1 Å². The van der Waals surface area contributed by atoms with Gasteiger partial charge in [-0.3, -0.25) is 9.13 Å². The van der Waals surface area contributed by atoms with Crippen molar-refractivity contribution >= 4 is 66.1 Å². The molecule has 8 aromatic carbocycles. The van der Waals surface area contributed by atoms with Gasteiger partial charge in [0.1, 0.15) is 5.65 Å². The molecule has 1 aliphatic heterocycles. The molecule has 3 aromatic heterocycles. The molecular weight excluding hydrogens is 691 g/mol. The van der Waals surface area contributed by atoms with Crippen molar-refractivity contribution in [2.75, 3.05) is 0 Å². The minimum absolute atomic E-state index is 0.636. The van der Waals surface area contributed by atoms with Crippen LogP contribution in [0.1, 0.15) is 0 Å². The fourth-order valence-electron chi connectivity index (χ4n) is 8.45. The zero-order chi connectivity index (χ0) is 36.0. The first-order valence-corrected chi connectivity index (χ1v) is 19.3. The standard InChI is InChI=1S/C49H29N5S/c1-2-13-31(14-3-1)46-50-47(52-48(51-46)37-20-10-17-30-12-6-7-18-36(30)37)32-24-26-35(27-25-32)53-40-22-9-8-19-38(40)44-39-21-11-23-42-45(39)54(49(44)53)41-28-33-15-4-5-16-34(33)29-43(41)55-42/h1-29H. The van der Waals surface area contributed by atoms with Crippen LogP contribution >= 0.6 is 11.8 Å². The van der Waals surface area contributed by atoms with Gasteiger partial charge in [0.25, 0.3) is 0 Å². The van der Waals surface area contributed by atoms with Crippen molar-refractivity contribution in [1.29, 1.82) is 0 Å². The molecule has 0 saturated carbocycles. The Morgan fingerprint density at radius 2 is 1.04 bits per heavy atom. The number of fused-ring (bicyclic) bond motifs is 9. The molecule has 0 unspecified atom stereocenters. The third-order valence-corrected chi connectivity index (χ3v) is 12.0. The van der Waals surface area contributed by atoms with Crippen LogP contribution in [0.15, 0.2) is 186 Å². The summed E-state index contributed by atoms with van der Waals surface area (Å²) < 4.78 is 4.93. The summed E-state index contributed by atoms with van der Waals surface area (Å²) in [6.07, 6.45) is 0. The molecule has 0 spiro atoms. The Bertz CT molecular complexity index is 3340. The van der Waals surface area contributed by atoms with E-state index in [1.807, 2.05) is 30.0 Å². The quantitative estimate of drug-likeness (QED) is 0.182. The van der Waals surface area contributed by atoms with Crippen LogP contribution in [0.4, 0.5) is 0 Å². The van der Waals surface area contributed by atoms with E-state index in [1.165, 1.54) is 53.4 Å². The highest BCUT2D eigenvalue weighted by atomic mass is 32.2. The number of para-hydroxylation sites is 2. The Hall–Kier alpha value is -7.02. The normalized spacial score (nSPS) is 12.3. The van der Waals surface area contributed by atoms with Crippen molar-refractivity contribution in [3.63, 3.8) is 0 Å². The second kappa shape index (κ2) is 11.7. The van der Waals surface area contributed by atoms with Crippen molar-refractivity contribution < 1.29 is 0 Å². The van der Waals surface area contributed by atoms with Crippen LogP contribution in [0.25, 0.3) is 99.9 Å². The third-order valence-electron chi connectivity index (χ3n) is 10.9. The molecule has 0 aliphatic carbocycles. The van der Waals surface area contributed by atoms with E-state index in [0.717, 1.165) is 38.8 Å². The molecule has 12 rings (SSSR count). The number of aromatic nitrogens is 5. The van der Waals surface area contributed by atoms with E-state index in [0.29, 0.717) is 17.5 Å². The number of rotatable bonds is 4. The summed E-state index contributed by atoms with van der Waals surface area (Å²) in [5, 5.41) is 8.52. The molecule has 0 bridgehead atoms. The van der Waals surface area contributed by atoms with E-state index in [-0.39, 0.29) is 0 Å². The molecule has 55 heavy (non-hydrogen) atoms. The van der Waals surface area contributed by atoms with Crippen molar-refractivity contribution in [2.45, 2.75) is 9.79 Å². The monoisotopic (exact) mass is 719 g/mol. The summed E-state index contributed by atoms with van der Waals surface area (Å²) in [6, 6.07) is 62.4. The Morgan fingerprint density at radius 1 is 0.418 bits per heavy atom. The number of benzene rings is 8. The highest BCUT2D eigenvalue weighted by molar-refractivity contribution is 7.99. The van der Waals surface area contributed by atoms with Gasteiger partial charge in [-0.05, 0) is 70.1 Å². The molecule has 6 heteroatoms. The van der Waals surface area contributed by atoms with E-state index < -0.39 is 0 Å². The Balaban J connectivity index is 1.08.